The van der Waals surface area contributed by atoms with Gasteiger partial charge in [-0.05, 0) is 29.8 Å². The van der Waals surface area contributed by atoms with Crippen LogP contribution in [-0.2, 0) is 13.5 Å². The fourth-order valence-electron chi connectivity index (χ4n) is 2.56. The second-order valence-electron chi connectivity index (χ2n) is 5.39. The summed E-state index contributed by atoms with van der Waals surface area (Å²) in [6, 6.07) is 16.4. The van der Waals surface area contributed by atoms with Crippen LogP contribution in [0.2, 0.25) is 0 Å². The van der Waals surface area contributed by atoms with Crippen molar-refractivity contribution in [2.45, 2.75) is 16.3 Å². The number of hydrogen-bond donors (Lipinski definition) is 0. The molecule has 1 aromatic heterocycles. The number of rotatable bonds is 4. The molecule has 0 radical (unpaired) electrons. The summed E-state index contributed by atoms with van der Waals surface area (Å²) in [4.78, 5) is 5.78. The minimum Gasteiger partial charge on any atom is -0.454 e. The van der Waals surface area contributed by atoms with Crippen molar-refractivity contribution >= 4 is 11.8 Å². The normalized spacial score (nSPS) is 12.6. The molecule has 4 rings (SSSR count). The molecule has 0 aliphatic carbocycles. The number of benzene rings is 2. The highest BCUT2D eigenvalue weighted by Crippen LogP contribution is 2.35. The molecule has 0 N–H and O–H groups in total. The quantitative estimate of drug-likeness (QED) is 0.729. The second kappa shape index (κ2) is 6.01. The van der Waals surface area contributed by atoms with Gasteiger partial charge in [0.15, 0.2) is 11.5 Å². The van der Waals surface area contributed by atoms with E-state index in [9.17, 15) is 0 Å². The minimum absolute atomic E-state index is 0.303. The van der Waals surface area contributed by atoms with Crippen LogP contribution in [0.15, 0.2) is 64.8 Å². The van der Waals surface area contributed by atoms with Crippen molar-refractivity contribution in [3.05, 3.63) is 66.1 Å². The van der Waals surface area contributed by atoms with Gasteiger partial charge in [0.25, 0.3) is 0 Å². The fraction of sp³-hybridized carbons (Fsp3) is 0.167. The third-order valence-electron chi connectivity index (χ3n) is 3.72. The van der Waals surface area contributed by atoms with Crippen LogP contribution in [0.5, 0.6) is 11.5 Å². The van der Waals surface area contributed by atoms with Crippen LogP contribution in [0.3, 0.4) is 0 Å². The van der Waals surface area contributed by atoms with E-state index in [-0.39, 0.29) is 0 Å². The summed E-state index contributed by atoms with van der Waals surface area (Å²) in [6.07, 6.45) is 2.64. The first-order valence-electron chi connectivity index (χ1n) is 7.41. The summed E-state index contributed by atoms with van der Waals surface area (Å²) in [5.41, 5.74) is 2.24. The van der Waals surface area contributed by atoms with Crippen LogP contribution >= 0.6 is 11.8 Å². The first-order chi connectivity index (χ1) is 11.3. The first kappa shape index (κ1) is 14.2. The molecule has 0 amide bonds. The van der Waals surface area contributed by atoms with Gasteiger partial charge < -0.3 is 14.0 Å². The minimum atomic E-state index is 0.303. The fourth-order valence-corrected chi connectivity index (χ4v) is 3.51. The molecule has 4 nitrogen and oxygen atoms in total. The Morgan fingerprint density at radius 1 is 1.09 bits per heavy atom. The number of aryl methyl sites for hydroxylation is 1. The van der Waals surface area contributed by atoms with Crippen LogP contribution in [0.25, 0.3) is 0 Å². The molecule has 0 bridgehead atoms. The van der Waals surface area contributed by atoms with Gasteiger partial charge in [-0.15, -0.1) is 0 Å². The maximum atomic E-state index is 5.45. The zero-order valence-electron chi connectivity index (χ0n) is 12.7. The lowest BCUT2D eigenvalue weighted by Crippen LogP contribution is -1.94. The Balaban J connectivity index is 1.60. The Kier molecular flexibility index (Phi) is 3.71. The maximum Gasteiger partial charge on any atom is 0.231 e. The number of aromatic nitrogens is 2. The standard InChI is InChI=1S/C18H16N2O2S/c1-20-11-19-15(18(20)23-14-5-3-2-4-6-14)9-13-7-8-16-17(10-13)22-12-21-16/h2-8,10-11H,9,12H2,1H3. The zero-order chi connectivity index (χ0) is 15.6. The Labute approximate surface area is 139 Å². The van der Waals surface area contributed by atoms with E-state index in [1.54, 1.807) is 11.8 Å². The monoisotopic (exact) mass is 324 g/mol. The summed E-state index contributed by atoms with van der Waals surface area (Å²) >= 11 is 1.74. The molecule has 2 heterocycles. The van der Waals surface area contributed by atoms with E-state index >= 15 is 0 Å². The second-order valence-corrected chi connectivity index (χ2v) is 6.45. The van der Waals surface area contributed by atoms with E-state index in [2.05, 4.69) is 39.9 Å². The lowest BCUT2D eigenvalue weighted by atomic mass is 10.1. The third kappa shape index (κ3) is 2.92. The van der Waals surface area contributed by atoms with E-state index in [0.29, 0.717) is 6.79 Å². The molecule has 3 aromatic rings. The molecule has 2 aromatic carbocycles. The largest absolute Gasteiger partial charge is 0.454 e. The van der Waals surface area contributed by atoms with Crippen molar-refractivity contribution in [3.8, 4) is 11.5 Å². The van der Waals surface area contributed by atoms with Crippen molar-refractivity contribution < 1.29 is 9.47 Å². The third-order valence-corrected chi connectivity index (χ3v) is 4.95. The average molecular weight is 324 g/mol. The van der Waals surface area contributed by atoms with Crippen LogP contribution in [0.4, 0.5) is 0 Å². The highest BCUT2D eigenvalue weighted by Gasteiger charge is 2.16. The van der Waals surface area contributed by atoms with Gasteiger partial charge in [-0.25, -0.2) is 4.98 Å². The first-order valence-corrected chi connectivity index (χ1v) is 8.23. The smallest absolute Gasteiger partial charge is 0.231 e. The van der Waals surface area contributed by atoms with Crippen molar-refractivity contribution in [2.75, 3.05) is 6.79 Å². The molecular weight excluding hydrogens is 308 g/mol. The summed E-state index contributed by atoms with van der Waals surface area (Å²) in [7, 11) is 2.03. The predicted molar refractivity (Wildman–Crippen MR) is 89.1 cm³/mol. The highest BCUT2D eigenvalue weighted by atomic mass is 32.2. The Hall–Kier alpha value is -2.40. The Morgan fingerprint density at radius 3 is 2.78 bits per heavy atom. The van der Waals surface area contributed by atoms with Gasteiger partial charge in [0.2, 0.25) is 6.79 Å². The lowest BCUT2D eigenvalue weighted by molar-refractivity contribution is 0.174. The van der Waals surface area contributed by atoms with Crippen LogP contribution in [0, 0.1) is 0 Å². The molecule has 5 heteroatoms. The number of imidazole rings is 1. The zero-order valence-corrected chi connectivity index (χ0v) is 13.5. The van der Waals surface area contributed by atoms with Gasteiger partial charge in [-0.2, -0.15) is 0 Å². The van der Waals surface area contributed by atoms with Crippen molar-refractivity contribution in [1.82, 2.24) is 9.55 Å². The van der Waals surface area contributed by atoms with E-state index in [1.807, 2.05) is 31.6 Å². The summed E-state index contributed by atoms with van der Waals surface area (Å²) in [6.45, 7) is 0.303. The molecule has 0 unspecified atom stereocenters. The summed E-state index contributed by atoms with van der Waals surface area (Å²) < 4.78 is 12.9. The van der Waals surface area contributed by atoms with E-state index < -0.39 is 0 Å². The summed E-state index contributed by atoms with van der Waals surface area (Å²) in [5.74, 6) is 1.63. The number of ether oxygens (including phenoxy) is 2. The van der Waals surface area contributed by atoms with E-state index in [4.69, 9.17) is 9.47 Å². The van der Waals surface area contributed by atoms with Gasteiger partial charge in [0, 0.05) is 18.4 Å². The molecule has 0 saturated heterocycles. The van der Waals surface area contributed by atoms with Gasteiger partial charge in [-0.3, -0.25) is 0 Å². The number of hydrogen-bond acceptors (Lipinski definition) is 4. The van der Waals surface area contributed by atoms with Crippen LogP contribution in [0.1, 0.15) is 11.3 Å². The number of fused-ring (bicyclic) bond motifs is 1. The Morgan fingerprint density at radius 2 is 1.91 bits per heavy atom. The maximum absolute atomic E-state index is 5.45. The molecule has 0 saturated carbocycles. The van der Waals surface area contributed by atoms with Crippen LogP contribution in [-0.4, -0.2) is 16.3 Å². The average Bonchev–Trinajstić information content (AvgIpc) is 3.17. The molecular formula is C18H16N2O2S. The van der Waals surface area contributed by atoms with Crippen molar-refractivity contribution in [1.29, 1.82) is 0 Å². The molecule has 0 atom stereocenters. The molecule has 0 spiro atoms. The summed E-state index contributed by atoms with van der Waals surface area (Å²) in [5, 5.41) is 1.16. The van der Waals surface area contributed by atoms with E-state index in [1.165, 1.54) is 10.5 Å². The molecule has 23 heavy (non-hydrogen) atoms. The van der Waals surface area contributed by atoms with Gasteiger partial charge >= 0.3 is 0 Å². The lowest BCUT2D eigenvalue weighted by Gasteiger charge is -2.07. The molecule has 1 aliphatic heterocycles. The predicted octanol–water partition coefficient (Wildman–Crippen LogP) is 3.89. The molecule has 116 valence electrons. The SMILES string of the molecule is Cn1cnc(Cc2ccc3c(c2)OCO3)c1Sc1ccccc1. The van der Waals surface area contributed by atoms with Crippen molar-refractivity contribution in [2.24, 2.45) is 7.05 Å². The molecule has 1 aliphatic rings. The highest BCUT2D eigenvalue weighted by molar-refractivity contribution is 7.99. The molecule has 0 fully saturated rings. The van der Waals surface area contributed by atoms with Gasteiger partial charge in [0.1, 0.15) is 5.03 Å². The van der Waals surface area contributed by atoms with Gasteiger partial charge in [0.05, 0.1) is 12.0 Å². The number of nitrogens with zero attached hydrogens (tertiary/aromatic N) is 2. The van der Waals surface area contributed by atoms with Gasteiger partial charge in [-0.1, -0.05) is 36.0 Å². The van der Waals surface area contributed by atoms with E-state index in [0.717, 1.165) is 28.6 Å². The topological polar surface area (TPSA) is 36.3 Å². The van der Waals surface area contributed by atoms with Crippen molar-refractivity contribution in [3.63, 3.8) is 0 Å². The van der Waals surface area contributed by atoms with Crippen LogP contribution < -0.4 is 9.47 Å². The Bertz CT molecular complexity index is 830.